The molecule has 0 aliphatic rings. The summed E-state index contributed by atoms with van der Waals surface area (Å²) in [7, 11) is 1.85. The van der Waals surface area contributed by atoms with Crippen LogP contribution in [0.15, 0.2) is 6.20 Å². The molecule has 0 amide bonds. The second-order valence-electron chi connectivity index (χ2n) is 3.76. The number of fused-ring (bicyclic) bond motifs is 1. The number of hydrogen-bond acceptors (Lipinski definition) is 3. The van der Waals surface area contributed by atoms with Gasteiger partial charge in [-0.15, -0.1) is 0 Å². The van der Waals surface area contributed by atoms with E-state index in [1.165, 1.54) is 0 Å². The van der Waals surface area contributed by atoms with Gasteiger partial charge in [-0.2, -0.15) is 5.10 Å². The summed E-state index contributed by atoms with van der Waals surface area (Å²) in [6.45, 7) is 5.37. The molecule has 0 saturated carbocycles. The Hall–Kier alpha value is -1.71. The van der Waals surface area contributed by atoms with Crippen LogP contribution in [0.2, 0.25) is 0 Å². The summed E-state index contributed by atoms with van der Waals surface area (Å²) in [5, 5.41) is 5.09. The number of ketones is 1. The maximum Gasteiger partial charge on any atom is 0.161 e. The minimum atomic E-state index is 0.0586. The topological polar surface area (TPSA) is 47.8 Å². The first-order valence-corrected chi connectivity index (χ1v) is 4.82. The highest BCUT2D eigenvalue weighted by atomic mass is 16.1. The number of hydrogen-bond donors (Lipinski definition) is 0. The molecule has 0 aromatic carbocycles. The molecule has 0 bridgehead atoms. The summed E-state index contributed by atoms with van der Waals surface area (Å²) >= 11 is 0. The SMILES string of the molecule is CC(=O)c1c(C)nc2c(cnn2C)c1C. The quantitative estimate of drug-likeness (QED) is 0.664. The number of Topliss-reactive ketones (excluding diaryl/α,β-unsaturated/α-hetero) is 1. The highest BCUT2D eigenvalue weighted by molar-refractivity contribution is 6.00. The van der Waals surface area contributed by atoms with Crippen LogP contribution in [0.3, 0.4) is 0 Å². The monoisotopic (exact) mass is 203 g/mol. The van der Waals surface area contributed by atoms with Crippen molar-refractivity contribution in [2.45, 2.75) is 20.8 Å². The Morgan fingerprint density at radius 1 is 1.40 bits per heavy atom. The Bertz CT molecular complexity index is 554. The first kappa shape index (κ1) is 9.83. The van der Waals surface area contributed by atoms with Gasteiger partial charge in [0.2, 0.25) is 0 Å². The van der Waals surface area contributed by atoms with E-state index < -0.39 is 0 Å². The third-order valence-corrected chi connectivity index (χ3v) is 2.67. The predicted octanol–water partition coefficient (Wildman–Crippen LogP) is 1.79. The van der Waals surface area contributed by atoms with Gasteiger partial charge in [0.15, 0.2) is 11.4 Å². The minimum Gasteiger partial charge on any atom is -0.294 e. The molecule has 4 heteroatoms. The molecule has 15 heavy (non-hydrogen) atoms. The molecule has 4 nitrogen and oxygen atoms in total. The van der Waals surface area contributed by atoms with E-state index in [0.717, 1.165) is 27.9 Å². The van der Waals surface area contributed by atoms with Crippen molar-refractivity contribution in [3.05, 3.63) is 23.0 Å². The van der Waals surface area contributed by atoms with Crippen LogP contribution in [0.5, 0.6) is 0 Å². The molecule has 2 aromatic rings. The summed E-state index contributed by atoms with van der Waals surface area (Å²) < 4.78 is 1.72. The Morgan fingerprint density at radius 3 is 2.67 bits per heavy atom. The molecule has 0 spiro atoms. The van der Waals surface area contributed by atoms with Crippen LogP contribution in [0, 0.1) is 13.8 Å². The Labute approximate surface area is 87.9 Å². The van der Waals surface area contributed by atoms with E-state index in [1.807, 2.05) is 20.9 Å². The molecule has 0 aliphatic heterocycles. The third kappa shape index (κ3) is 1.33. The number of aromatic nitrogens is 3. The number of pyridine rings is 1. The van der Waals surface area contributed by atoms with Crippen molar-refractivity contribution in [1.29, 1.82) is 0 Å². The third-order valence-electron chi connectivity index (χ3n) is 2.67. The molecule has 78 valence electrons. The highest BCUT2D eigenvalue weighted by Gasteiger charge is 2.14. The number of aryl methyl sites for hydroxylation is 3. The van der Waals surface area contributed by atoms with E-state index in [9.17, 15) is 4.79 Å². The Morgan fingerprint density at radius 2 is 2.07 bits per heavy atom. The smallest absolute Gasteiger partial charge is 0.161 e. The van der Waals surface area contributed by atoms with Crippen LogP contribution >= 0.6 is 0 Å². The lowest BCUT2D eigenvalue weighted by Crippen LogP contribution is -2.04. The van der Waals surface area contributed by atoms with E-state index in [4.69, 9.17) is 0 Å². The van der Waals surface area contributed by atoms with Crippen molar-refractivity contribution in [3.63, 3.8) is 0 Å². The standard InChI is InChI=1S/C11H13N3O/c1-6-9-5-12-14(4)11(9)13-7(2)10(6)8(3)15/h5H,1-4H3. The van der Waals surface area contributed by atoms with E-state index in [1.54, 1.807) is 17.8 Å². The fraction of sp³-hybridized carbons (Fsp3) is 0.364. The van der Waals surface area contributed by atoms with Crippen molar-refractivity contribution in [3.8, 4) is 0 Å². The molecule has 0 atom stereocenters. The Kier molecular flexibility index (Phi) is 2.07. The lowest BCUT2D eigenvalue weighted by Gasteiger charge is -2.06. The van der Waals surface area contributed by atoms with Crippen LogP contribution in [-0.4, -0.2) is 20.5 Å². The van der Waals surface area contributed by atoms with Gasteiger partial charge in [0.1, 0.15) is 0 Å². The van der Waals surface area contributed by atoms with E-state index >= 15 is 0 Å². The van der Waals surface area contributed by atoms with Gasteiger partial charge in [-0.05, 0) is 26.3 Å². The summed E-state index contributed by atoms with van der Waals surface area (Å²) in [6, 6.07) is 0. The summed E-state index contributed by atoms with van der Waals surface area (Å²) in [5.41, 5.74) is 3.29. The predicted molar refractivity (Wildman–Crippen MR) is 58.0 cm³/mol. The zero-order valence-electron chi connectivity index (χ0n) is 9.33. The van der Waals surface area contributed by atoms with E-state index in [0.29, 0.717) is 0 Å². The maximum atomic E-state index is 11.5. The average Bonchev–Trinajstić information content (AvgIpc) is 2.47. The molecular weight excluding hydrogens is 190 g/mol. The molecule has 0 fully saturated rings. The van der Waals surface area contributed by atoms with Crippen molar-refractivity contribution in [2.75, 3.05) is 0 Å². The molecule has 2 rings (SSSR count). The molecular formula is C11H13N3O. The molecule has 0 unspecified atom stereocenters. The van der Waals surface area contributed by atoms with Crippen LogP contribution in [0.25, 0.3) is 11.0 Å². The molecule has 0 aliphatic carbocycles. The largest absolute Gasteiger partial charge is 0.294 e. The van der Waals surface area contributed by atoms with Crippen molar-refractivity contribution >= 4 is 16.8 Å². The molecule has 2 heterocycles. The van der Waals surface area contributed by atoms with Gasteiger partial charge in [0.25, 0.3) is 0 Å². The van der Waals surface area contributed by atoms with Gasteiger partial charge in [-0.25, -0.2) is 4.98 Å². The fourth-order valence-electron chi connectivity index (χ4n) is 1.97. The van der Waals surface area contributed by atoms with Gasteiger partial charge in [0, 0.05) is 18.0 Å². The Balaban J connectivity index is 2.91. The molecule has 0 saturated heterocycles. The van der Waals surface area contributed by atoms with Gasteiger partial charge in [-0.3, -0.25) is 9.48 Å². The first-order chi connectivity index (χ1) is 7.02. The number of carbonyl (C=O) groups excluding carboxylic acids is 1. The molecule has 0 radical (unpaired) electrons. The minimum absolute atomic E-state index is 0.0586. The zero-order chi connectivity index (χ0) is 11.2. The van der Waals surface area contributed by atoms with Gasteiger partial charge in [-0.1, -0.05) is 0 Å². The van der Waals surface area contributed by atoms with Gasteiger partial charge >= 0.3 is 0 Å². The van der Waals surface area contributed by atoms with E-state index in [2.05, 4.69) is 10.1 Å². The van der Waals surface area contributed by atoms with Crippen LogP contribution in [0.4, 0.5) is 0 Å². The maximum absolute atomic E-state index is 11.5. The van der Waals surface area contributed by atoms with Crippen LogP contribution < -0.4 is 0 Å². The molecule has 2 aromatic heterocycles. The summed E-state index contributed by atoms with van der Waals surface area (Å²) in [6.07, 6.45) is 1.75. The second-order valence-corrected chi connectivity index (χ2v) is 3.76. The second kappa shape index (κ2) is 3.15. The van der Waals surface area contributed by atoms with Crippen molar-refractivity contribution in [1.82, 2.24) is 14.8 Å². The zero-order valence-corrected chi connectivity index (χ0v) is 9.33. The summed E-state index contributed by atoms with van der Waals surface area (Å²) in [4.78, 5) is 15.9. The lowest BCUT2D eigenvalue weighted by molar-refractivity contribution is 0.101. The first-order valence-electron chi connectivity index (χ1n) is 4.82. The number of nitrogens with zero attached hydrogens (tertiary/aromatic N) is 3. The normalized spacial score (nSPS) is 10.9. The van der Waals surface area contributed by atoms with Crippen molar-refractivity contribution < 1.29 is 4.79 Å². The average molecular weight is 203 g/mol. The summed E-state index contributed by atoms with van der Waals surface area (Å²) in [5.74, 6) is 0.0586. The molecule has 0 N–H and O–H groups in total. The highest BCUT2D eigenvalue weighted by Crippen LogP contribution is 2.22. The van der Waals surface area contributed by atoms with Crippen LogP contribution in [0.1, 0.15) is 28.5 Å². The number of rotatable bonds is 1. The van der Waals surface area contributed by atoms with E-state index in [-0.39, 0.29) is 5.78 Å². The van der Waals surface area contributed by atoms with Crippen LogP contribution in [-0.2, 0) is 7.05 Å². The number of carbonyl (C=O) groups is 1. The van der Waals surface area contributed by atoms with Gasteiger partial charge < -0.3 is 0 Å². The fourth-order valence-corrected chi connectivity index (χ4v) is 1.97. The lowest BCUT2D eigenvalue weighted by atomic mass is 10.0. The van der Waals surface area contributed by atoms with Crippen molar-refractivity contribution in [2.24, 2.45) is 7.05 Å². The van der Waals surface area contributed by atoms with Gasteiger partial charge in [0.05, 0.1) is 11.9 Å².